The highest BCUT2D eigenvalue weighted by Gasteiger charge is 2.41. The number of hydrogen-bond donors (Lipinski definition) is 2. The van der Waals surface area contributed by atoms with Crippen molar-refractivity contribution in [3.05, 3.63) is 35.4 Å². The van der Waals surface area contributed by atoms with Crippen molar-refractivity contribution in [3.8, 4) is 0 Å². The van der Waals surface area contributed by atoms with Crippen LogP contribution in [0.2, 0.25) is 0 Å². The molecule has 0 aliphatic heterocycles. The molecule has 0 amide bonds. The van der Waals surface area contributed by atoms with Gasteiger partial charge >= 0.3 is 11.9 Å². The first-order valence-electron chi connectivity index (χ1n) is 6.43. The maximum atomic E-state index is 13.2. The molecule has 2 unspecified atom stereocenters. The summed E-state index contributed by atoms with van der Waals surface area (Å²) < 4.78 is 26.1. The van der Waals surface area contributed by atoms with Gasteiger partial charge in [0.2, 0.25) is 0 Å². The number of benzene rings is 1. The molecule has 0 saturated heterocycles. The topological polar surface area (TPSA) is 74.6 Å². The maximum Gasteiger partial charge on any atom is 0.307 e. The fourth-order valence-electron chi connectivity index (χ4n) is 2.41. The first kappa shape index (κ1) is 17.1. The molecule has 0 spiro atoms. The van der Waals surface area contributed by atoms with E-state index >= 15 is 0 Å². The minimum absolute atomic E-state index is 0.180. The van der Waals surface area contributed by atoms with Gasteiger partial charge < -0.3 is 10.2 Å². The molecule has 2 N–H and O–H groups in total. The minimum Gasteiger partial charge on any atom is -0.481 e. The van der Waals surface area contributed by atoms with Gasteiger partial charge in [0.1, 0.15) is 0 Å². The summed E-state index contributed by atoms with van der Waals surface area (Å²) >= 11 is 0. The Morgan fingerprint density at radius 1 is 1.10 bits per heavy atom. The molecular formula is C15H18F2O4. The fourth-order valence-corrected chi connectivity index (χ4v) is 2.41. The van der Waals surface area contributed by atoms with Gasteiger partial charge in [-0.05, 0) is 29.5 Å². The van der Waals surface area contributed by atoms with Crippen molar-refractivity contribution in [1.29, 1.82) is 0 Å². The number of carboxylic acids is 2. The molecular weight excluding hydrogens is 282 g/mol. The summed E-state index contributed by atoms with van der Waals surface area (Å²) in [5.74, 6) is -6.99. The van der Waals surface area contributed by atoms with Gasteiger partial charge in [-0.2, -0.15) is 0 Å². The zero-order valence-corrected chi connectivity index (χ0v) is 12.1. The lowest BCUT2D eigenvalue weighted by Gasteiger charge is -2.31. The Balaban J connectivity index is 3.14. The van der Waals surface area contributed by atoms with E-state index in [1.807, 2.05) is 0 Å². The Kier molecular flexibility index (Phi) is 5.04. The van der Waals surface area contributed by atoms with Crippen LogP contribution in [0.5, 0.6) is 0 Å². The first-order valence-corrected chi connectivity index (χ1v) is 6.43. The summed E-state index contributed by atoms with van der Waals surface area (Å²) in [5.41, 5.74) is -0.537. The highest BCUT2D eigenvalue weighted by Crippen LogP contribution is 2.34. The van der Waals surface area contributed by atoms with Crippen LogP contribution in [0.25, 0.3) is 0 Å². The molecule has 1 aromatic rings. The van der Waals surface area contributed by atoms with Crippen LogP contribution in [0, 0.1) is 28.9 Å². The number of carbonyl (C=O) groups is 2. The second-order valence-corrected chi connectivity index (χ2v) is 6.08. The summed E-state index contributed by atoms with van der Waals surface area (Å²) in [6.45, 7) is 4.90. The van der Waals surface area contributed by atoms with Crippen LogP contribution >= 0.6 is 0 Å². The van der Waals surface area contributed by atoms with Gasteiger partial charge in [-0.15, -0.1) is 0 Å². The molecule has 0 aromatic heterocycles. The number of aliphatic carboxylic acids is 2. The number of halogens is 2. The highest BCUT2D eigenvalue weighted by molar-refractivity contribution is 5.80. The largest absolute Gasteiger partial charge is 0.481 e. The lowest BCUT2D eigenvalue weighted by molar-refractivity contribution is -0.158. The van der Waals surface area contributed by atoms with Crippen LogP contribution in [0.3, 0.4) is 0 Å². The number of hydrogen-bond acceptors (Lipinski definition) is 2. The molecule has 0 aliphatic rings. The Labute approximate surface area is 121 Å². The Morgan fingerprint density at radius 3 is 2.05 bits per heavy atom. The van der Waals surface area contributed by atoms with E-state index in [9.17, 15) is 28.6 Å². The van der Waals surface area contributed by atoms with Gasteiger partial charge in [0.15, 0.2) is 11.6 Å². The van der Waals surface area contributed by atoms with E-state index < -0.39 is 40.8 Å². The molecule has 0 fully saturated rings. The molecule has 1 rings (SSSR count). The Hall–Kier alpha value is -1.98. The highest BCUT2D eigenvalue weighted by atomic mass is 19.2. The van der Waals surface area contributed by atoms with E-state index in [0.717, 1.165) is 12.1 Å². The van der Waals surface area contributed by atoms with Gasteiger partial charge in [0, 0.05) is 0 Å². The lowest BCUT2D eigenvalue weighted by atomic mass is 9.71. The number of rotatable bonds is 5. The Morgan fingerprint density at radius 2 is 1.67 bits per heavy atom. The zero-order chi connectivity index (χ0) is 16.4. The average molecular weight is 300 g/mol. The molecule has 21 heavy (non-hydrogen) atoms. The molecule has 0 heterocycles. The second-order valence-electron chi connectivity index (χ2n) is 6.08. The van der Waals surface area contributed by atoms with Crippen LogP contribution in [0.4, 0.5) is 8.78 Å². The molecule has 116 valence electrons. The third-order valence-electron chi connectivity index (χ3n) is 3.36. The summed E-state index contributed by atoms with van der Waals surface area (Å²) in [5, 5.41) is 18.6. The van der Waals surface area contributed by atoms with Crippen molar-refractivity contribution in [2.24, 2.45) is 17.3 Å². The van der Waals surface area contributed by atoms with Crippen LogP contribution in [-0.2, 0) is 16.0 Å². The van der Waals surface area contributed by atoms with Crippen LogP contribution in [0.15, 0.2) is 18.2 Å². The van der Waals surface area contributed by atoms with Crippen LogP contribution in [0.1, 0.15) is 26.3 Å². The molecule has 2 atom stereocenters. The van der Waals surface area contributed by atoms with E-state index in [2.05, 4.69) is 0 Å². The van der Waals surface area contributed by atoms with Crippen molar-refractivity contribution in [3.63, 3.8) is 0 Å². The molecule has 0 radical (unpaired) electrons. The van der Waals surface area contributed by atoms with Crippen LogP contribution in [-0.4, -0.2) is 22.2 Å². The summed E-state index contributed by atoms with van der Waals surface area (Å²) in [4.78, 5) is 22.8. The lowest BCUT2D eigenvalue weighted by Crippen LogP contribution is -2.40. The van der Waals surface area contributed by atoms with Crippen molar-refractivity contribution < 1.29 is 28.6 Å². The second kappa shape index (κ2) is 6.20. The summed E-state index contributed by atoms with van der Waals surface area (Å²) in [7, 11) is 0. The van der Waals surface area contributed by atoms with Gasteiger partial charge in [-0.3, -0.25) is 9.59 Å². The van der Waals surface area contributed by atoms with Gasteiger partial charge in [0.05, 0.1) is 11.8 Å². The first-order chi connectivity index (χ1) is 9.54. The standard InChI is InChI=1S/C15H18F2O4/c1-15(2,3)12(14(20)21)9(13(18)19)6-8-4-5-10(16)11(17)7-8/h4-5,7,9,12H,6H2,1-3H3,(H,18,19)(H,20,21). The maximum absolute atomic E-state index is 13.2. The van der Waals surface area contributed by atoms with Crippen LogP contribution < -0.4 is 0 Å². The van der Waals surface area contributed by atoms with E-state index in [-0.39, 0.29) is 12.0 Å². The summed E-state index contributed by atoms with van der Waals surface area (Å²) in [6, 6.07) is 3.05. The van der Waals surface area contributed by atoms with E-state index in [1.165, 1.54) is 6.07 Å². The van der Waals surface area contributed by atoms with Crippen molar-refractivity contribution >= 4 is 11.9 Å². The quantitative estimate of drug-likeness (QED) is 0.876. The molecule has 1 aromatic carbocycles. The zero-order valence-electron chi connectivity index (χ0n) is 12.1. The minimum atomic E-state index is -1.28. The SMILES string of the molecule is CC(C)(C)C(C(=O)O)C(Cc1ccc(F)c(F)c1)C(=O)O. The number of carboxylic acid groups (broad SMARTS) is 2. The summed E-state index contributed by atoms with van der Waals surface area (Å²) in [6.07, 6.45) is -0.180. The predicted molar refractivity (Wildman–Crippen MR) is 71.8 cm³/mol. The monoisotopic (exact) mass is 300 g/mol. The molecule has 6 heteroatoms. The fraction of sp³-hybridized carbons (Fsp3) is 0.467. The normalized spacial score (nSPS) is 14.5. The predicted octanol–water partition coefficient (Wildman–Crippen LogP) is 2.96. The van der Waals surface area contributed by atoms with Crippen molar-refractivity contribution in [1.82, 2.24) is 0 Å². The van der Waals surface area contributed by atoms with E-state index in [4.69, 9.17) is 0 Å². The average Bonchev–Trinajstić information content (AvgIpc) is 2.30. The molecule has 0 saturated carbocycles. The smallest absolute Gasteiger partial charge is 0.307 e. The van der Waals surface area contributed by atoms with Gasteiger partial charge in [-0.25, -0.2) is 8.78 Å². The van der Waals surface area contributed by atoms with E-state index in [1.54, 1.807) is 20.8 Å². The van der Waals surface area contributed by atoms with Gasteiger partial charge in [0.25, 0.3) is 0 Å². The third-order valence-corrected chi connectivity index (χ3v) is 3.36. The van der Waals surface area contributed by atoms with Crippen molar-refractivity contribution in [2.45, 2.75) is 27.2 Å². The van der Waals surface area contributed by atoms with Crippen molar-refractivity contribution in [2.75, 3.05) is 0 Å². The van der Waals surface area contributed by atoms with Gasteiger partial charge in [-0.1, -0.05) is 26.8 Å². The molecule has 0 aliphatic carbocycles. The third kappa shape index (κ3) is 4.24. The molecule has 4 nitrogen and oxygen atoms in total. The Bertz CT molecular complexity index is 549. The molecule has 0 bridgehead atoms. The van der Waals surface area contributed by atoms with E-state index in [0.29, 0.717) is 0 Å².